The van der Waals surface area contributed by atoms with E-state index in [2.05, 4.69) is 5.32 Å². The van der Waals surface area contributed by atoms with Crippen molar-refractivity contribution in [2.75, 3.05) is 13.6 Å². The van der Waals surface area contributed by atoms with E-state index in [4.69, 9.17) is 0 Å². The van der Waals surface area contributed by atoms with E-state index in [0.717, 1.165) is 12.8 Å². The highest BCUT2D eigenvalue weighted by atomic mass is 19.3. The normalized spacial score (nSPS) is 21.0. The van der Waals surface area contributed by atoms with E-state index >= 15 is 0 Å². The number of hydrogen-bond acceptors (Lipinski definition) is 1. The minimum absolute atomic E-state index is 0.169. The first kappa shape index (κ1) is 8.91. The molecule has 0 amide bonds. The predicted octanol–water partition coefficient (Wildman–Crippen LogP) is 2.03. The molecule has 0 atom stereocenters. The quantitative estimate of drug-likeness (QED) is 0.671. The summed E-state index contributed by atoms with van der Waals surface area (Å²) < 4.78 is 26.1. The van der Waals surface area contributed by atoms with Crippen LogP contribution < -0.4 is 5.32 Å². The molecule has 1 rings (SSSR count). The molecule has 1 nitrogen and oxygen atoms in total. The molecule has 3 heteroatoms. The number of alkyl halides is 2. The predicted molar refractivity (Wildman–Crippen MR) is 40.8 cm³/mol. The SMILES string of the molecule is CNCC(F)(F)C1CCCC1. The van der Waals surface area contributed by atoms with E-state index in [1.54, 1.807) is 7.05 Å². The van der Waals surface area contributed by atoms with Gasteiger partial charge in [-0.15, -0.1) is 0 Å². The van der Waals surface area contributed by atoms with Gasteiger partial charge in [0, 0.05) is 5.92 Å². The van der Waals surface area contributed by atoms with Gasteiger partial charge in [-0.3, -0.25) is 0 Å². The van der Waals surface area contributed by atoms with E-state index in [-0.39, 0.29) is 12.5 Å². The molecule has 0 radical (unpaired) electrons. The van der Waals surface area contributed by atoms with Crippen LogP contribution in [0.15, 0.2) is 0 Å². The van der Waals surface area contributed by atoms with Crippen molar-refractivity contribution in [3.8, 4) is 0 Å². The Kier molecular flexibility index (Phi) is 2.82. The summed E-state index contributed by atoms with van der Waals surface area (Å²) in [4.78, 5) is 0. The molecular weight excluding hydrogens is 148 g/mol. The van der Waals surface area contributed by atoms with Crippen molar-refractivity contribution < 1.29 is 8.78 Å². The van der Waals surface area contributed by atoms with Crippen LogP contribution in [0, 0.1) is 5.92 Å². The fourth-order valence-electron chi connectivity index (χ4n) is 1.73. The van der Waals surface area contributed by atoms with Crippen LogP contribution in [0.25, 0.3) is 0 Å². The summed E-state index contributed by atoms with van der Waals surface area (Å²) in [6.07, 6.45) is 3.36. The molecule has 0 aliphatic heterocycles. The van der Waals surface area contributed by atoms with Crippen molar-refractivity contribution in [3.05, 3.63) is 0 Å². The highest BCUT2D eigenvalue weighted by Gasteiger charge is 2.39. The summed E-state index contributed by atoms with van der Waals surface area (Å²) in [5.41, 5.74) is 0. The first-order valence-electron chi connectivity index (χ1n) is 4.19. The zero-order valence-corrected chi connectivity index (χ0v) is 6.87. The molecule has 0 aromatic rings. The fraction of sp³-hybridized carbons (Fsp3) is 1.00. The summed E-state index contributed by atoms with van der Waals surface area (Å²) in [6.45, 7) is -0.169. The van der Waals surface area contributed by atoms with Gasteiger partial charge < -0.3 is 5.32 Å². The summed E-state index contributed by atoms with van der Waals surface area (Å²) >= 11 is 0. The Morgan fingerprint density at radius 1 is 1.36 bits per heavy atom. The van der Waals surface area contributed by atoms with Crippen molar-refractivity contribution in [2.24, 2.45) is 5.92 Å². The van der Waals surface area contributed by atoms with Gasteiger partial charge >= 0.3 is 0 Å². The van der Waals surface area contributed by atoms with Crippen molar-refractivity contribution in [1.29, 1.82) is 0 Å². The van der Waals surface area contributed by atoms with Gasteiger partial charge in [-0.1, -0.05) is 12.8 Å². The molecule has 11 heavy (non-hydrogen) atoms. The van der Waals surface area contributed by atoms with Gasteiger partial charge in [0.1, 0.15) is 0 Å². The summed E-state index contributed by atoms with van der Waals surface area (Å²) in [7, 11) is 1.57. The first-order chi connectivity index (χ1) is 5.17. The van der Waals surface area contributed by atoms with E-state index in [0.29, 0.717) is 12.8 Å². The van der Waals surface area contributed by atoms with E-state index in [1.807, 2.05) is 0 Å². The van der Waals surface area contributed by atoms with Crippen LogP contribution in [-0.4, -0.2) is 19.5 Å². The zero-order valence-electron chi connectivity index (χ0n) is 6.87. The van der Waals surface area contributed by atoms with Crippen LogP contribution in [0.1, 0.15) is 25.7 Å². The maximum Gasteiger partial charge on any atom is 0.263 e. The molecule has 0 unspecified atom stereocenters. The lowest BCUT2D eigenvalue weighted by molar-refractivity contribution is -0.0519. The second-order valence-corrected chi connectivity index (χ2v) is 3.27. The largest absolute Gasteiger partial charge is 0.314 e. The summed E-state index contributed by atoms with van der Waals surface area (Å²) in [5, 5.41) is 2.53. The molecule has 0 saturated heterocycles. The van der Waals surface area contributed by atoms with Crippen LogP contribution in [0.4, 0.5) is 8.78 Å². The minimum atomic E-state index is -2.48. The highest BCUT2D eigenvalue weighted by molar-refractivity contribution is 4.82. The van der Waals surface area contributed by atoms with Crippen LogP contribution >= 0.6 is 0 Å². The third-order valence-electron chi connectivity index (χ3n) is 2.36. The molecule has 66 valence electrons. The average Bonchev–Trinajstić information content (AvgIpc) is 2.37. The number of hydrogen-bond donors (Lipinski definition) is 1. The Labute approximate surface area is 66.2 Å². The van der Waals surface area contributed by atoms with Crippen molar-refractivity contribution in [1.82, 2.24) is 5.32 Å². The van der Waals surface area contributed by atoms with E-state index < -0.39 is 5.92 Å². The van der Waals surface area contributed by atoms with Crippen LogP contribution in [0.5, 0.6) is 0 Å². The van der Waals surface area contributed by atoms with Crippen LogP contribution in [0.3, 0.4) is 0 Å². The van der Waals surface area contributed by atoms with Crippen LogP contribution in [0.2, 0.25) is 0 Å². The Hall–Kier alpha value is -0.180. The Morgan fingerprint density at radius 3 is 2.36 bits per heavy atom. The molecule has 1 saturated carbocycles. The number of rotatable bonds is 3. The fourth-order valence-corrected chi connectivity index (χ4v) is 1.73. The standard InChI is InChI=1S/C8H15F2N/c1-11-6-8(9,10)7-4-2-3-5-7/h7,11H,2-6H2,1H3. The van der Waals surface area contributed by atoms with Gasteiger partial charge in [-0.25, -0.2) is 8.78 Å². The third kappa shape index (κ3) is 2.12. The van der Waals surface area contributed by atoms with Gasteiger partial charge in [0.2, 0.25) is 0 Å². The van der Waals surface area contributed by atoms with Crippen LogP contribution in [-0.2, 0) is 0 Å². The topological polar surface area (TPSA) is 12.0 Å². The molecule has 0 aromatic heterocycles. The molecule has 1 fully saturated rings. The maximum absolute atomic E-state index is 13.1. The maximum atomic E-state index is 13.1. The van der Waals surface area contributed by atoms with Gasteiger partial charge in [-0.05, 0) is 19.9 Å². The summed E-state index contributed by atoms with van der Waals surface area (Å²) in [5.74, 6) is -2.85. The highest BCUT2D eigenvalue weighted by Crippen LogP contribution is 2.37. The molecule has 0 bridgehead atoms. The van der Waals surface area contributed by atoms with Crippen molar-refractivity contribution in [3.63, 3.8) is 0 Å². The van der Waals surface area contributed by atoms with E-state index in [1.165, 1.54) is 0 Å². The lowest BCUT2D eigenvalue weighted by Crippen LogP contribution is -2.36. The molecule has 1 N–H and O–H groups in total. The average molecular weight is 163 g/mol. The smallest absolute Gasteiger partial charge is 0.263 e. The monoisotopic (exact) mass is 163 g/mol. The van der Waals surface area contributed by atoms with Gasteiger partial charge in [0.05, 0.1) is 6.54 Å². The number of halogens is 2. The van der Waals surface area contributed by atoms with Gasteiger partial charge in [0.15, 0.2) is 0 Å². The molecule has 0 spiro atoms. The molecule has 0 heterocycles. The van der Waals surface area contributed by atoms with Crippen molar-refractivity contribution >= 4 is 0 Å². The second-order valence-electron chi connectivity index (χ2n) is 3.27. The third-order valence-corrected chi connectivity index (χ3v) is 2.36. The molecule has 0 aromatic carbocycles. The Balaban J connectivity index is 2.41. The molecule has 1 aliphatic rings. The Bertz CT molecular complexity index is 119. The number of nitrogens with one attached hydrogen (secondary N) is 1. The lowest BCUT2D eigenvalue weighted by atomic mass is 10.00. The van der Waals surface area contributed by atoms with Gasteiger partial charge in [0.25, 0.3) is 5.92 Å². The zero-order chi connectivity index (χ0) is 8.32. The minimum Gasteiger partial charge on any atom is -0.314 e. The molecule has 1 aliphatic carbocycles. The summed E-state index contributed by atoms with van der Waals surface area (Å²) in [6, 6.07) is 0. The lowest BCUT2D eigenvalue weighted by Gasteiger charge is -2.22. The first-order valence-corrected chi connectivity index (χ1v) is 4.19. The van der Waals surface area contributed by atoms with Crippen molar-refractivity contribution in [2.45, 2.75) is 31.6 Å². The van der Waals surface area contributed by atoms with Gasteiger partial charge in [-0.2, -0.15) is 0 Å². The molecular formula is C8H15F2N. The van der Waals surface area contributed by atoms with E-state index in [9.17, 15) is 8.78 Å². The Morgan fingerprint density at radius 2 is 1.91 bits per heavy atom. The second kappa shape index (κ2) is 3.48.